The summed E-state index contributed by atoms with van der Waals surface area (Å²) in [5.41, 5.74) is 0.604. The minimum Gasteiger partial charge on any atom is -0.465 e. The van der Waals surface area contributed by atoms with Crippen LogP contribution in [0.4, 0.5) is 5.69 Å². The summed E-state index contributed by atoms with van der Waals surface area (Å²) in [6.07, 6.45) is 8.31. The number of nitrogens with one attached hydrogen (secondary N) is 2. The summed E-state index contributed by atoms with van der Waals surface area (Å²) in [4.78, 5) is 22.2. The summed E-state index contributed by atoms with van der Waals surface area (Å²) in [5, 5.41) is 21.8. The molecule has 1 aliphatic heterocycles. The van der Waals surface area contributed by atoms with Crippen molar-refractivity contribution in [2.45, 2.75) is 38.1 Å². The van der Waals surface area contributed by atoms with Crippen LogP contribution < -0.4 is 5.32 Å². The molecule has 1 aromatic rings. The van der Waals surface area contributed by atoms with Gasteiger partial charge in [0.15, 0.2) is 0 Å². The summed E-state index contributed by atoms with van der Waals surface area (Å²) in [5.74, 6) is -0.0378. The number of esters is 1. The smallest absolute Gasteiger partial charge is 0.338 e. The molecule has 1 aliphatic rings. The topological polar surface area (TPSA) is 105 Å². The molecular weight excluding hydrogens is 310 g/mol. The van der Waals surface area contributed by atoms with Crippen LogP contribution in [-0.4, -0.2) is 29.9 Å². The normalized spacial score (nSPS) is 18.0. The van der Waals surface area contributed by atoms with Crippen LogP contribution >= 0.6 is 0 Å². The Morgan fingerprint density at radius 2 is 2.29 bits per heavy atom. The molecule has 1 fully saturated rings. The summed E-state index contributed by atoms with van der Waals surface area (Å²) >= 11 is 0. The van der Waals surface area contributed by atoms with E-state index in [4.69, 9.17) is 10.1 Å². The number of amidine groups is 1. The van der Waals surface area contributed by atoms with Gasteiger partial charge < -0.3 is 10.1 Å². The number of methoxy groups -OCH3 is 1. The number of nitro benzene ring substituents is 1. The first kappa shape index (κ1) is 17.7. The van der Waals surface area contributed by atoms with Crippen LogP contribution in [0.2, 0.25) is 0 Å². The van der Waals surface area contributed by atoms with Crippen molar-refractivity contribution in [3.05, 3.63) is 45.5 Å². The van der Waals surface area contributed by atoms with Gasteiger partial charge in [0.1, 0.15) is 0 Å². The number of non-ortho nitro benzene ring substituents is 1. The Morgan fingerprint density at radius 1 is 1.50 bits per heavy atom. The fourth-order valence-electron chi connectivity index (χ4n) is 2.71. The predicted molar refractivity (Wildman–Crippen MR) is 91.2 cm³/mol. The van der Waals surface area contributed by atoms with Crippen LogP contribution in [0.15, 0.2) is 24.3 Å². The number of benzene rings is 1. The molecule has 1 aromatic carbocycles. The summed E-state index contributed by atoms with van der Waals surface area (Å²) < 4.78 is 4.70. The van der Waals surface area contributed by atoms with Crippen molar-refractivity contribution in [1.82, 2.24) is 5.32 Å². The largest absolute Gasteiger partial charge is 0.465 e. The van der Waals surface area contributed by atoms with Gasteiger partial charge in [0.2, 0.25) is 0 Å². The molecule has 1 atom stereocenters. The highest BCUT2D eigenvalue weighted by Gasteiger charge is 2.16. The van der Waals surface area contributed by atoms with E-state index in [1.807, 2.05) is 6.08 Å². The summed E-state index contributed by atoms with van der Waals surface area (Å²) in [6.45, 7) is 0. The van der Waals surface area contributed by atoms with E-state index >= 15 is 0 Å². The van der Waals surface area contributed by atoms with E-state index in [9.17, 15) is 14.9 Å². The molecule has 0 radical (unpaired) electrons. The number of rotatable bonds is 5. The molecule has 0 amide bonds. The van der Waals surface area contributed by atoms with Crippen molar-refractivity contribution in [3.63, 3.8) is 0 Å². The van der Waals surface area contributed by atoms with E-state index in [1.54, 1.807) is 12.1 Å². The van der Waals surface area contributed by atoms with E-state index in [-0.39, 0.29) is 17.3 Å². The number of carbonyl (C=O) groups excluding carboxylic acids is 1. The second-order valence-corrected chi connectivity index (χ2v) is 5.72. The van der Waals surface area contributed by atoms with Crippen molar-refractivity contribution < 1.29 is 14.5 Å². The molecule has 1 heterocycles. The van der Waals surface area contributed by atoms with E-state index in [1.165, 1.54) is 19.2 Å². The average Bonchev–Trinajstić information content (AvgIpc) is 2.78. The van der Waals surface area contributed by atoms with Gasteiger partial charge in [-0.3, -0.25) is 15.5 Å². The number of hydrogen-bond donors (Lipinski definition) is 2. The third-order valence-electron chi connectivity index (χ3n) is 3.98. The average molecular weight is 331 g/mol. The Hall–Kier alpha value is -2.70. The Balaban J connectivity index is 2.14. The lowest BCUT2D eigenvalue weighted by Gasteiger charge is -2.14. The maximum Gasteiger partial charge on any atom is 0.338 e. The SMILES string of the molecule is COC(=O)c1cc([N+](=O)[O-])ccc1C=CCC1CCCCC(=N)N1. The Kier molecular flexibility index (Phi) is 6.06. The first-order valence-electron chi connectivity index (χ1n) is 7.88. The quantitative estimate of drug-likeness (QED) is 0.489. The molecule has 24 heavy (non-hydrogen) atoms. The van der Waals surface area contributed by atoms with Gasteiger partial charge in [-0.15, -0.1) is 0 Å². The van der Waals surface area contributed by atoms with Crippen molar-refractivity contribution in [3.8, 4) is 0 Å². The minimum absolute atomic E-state index is 0.147. The van der Waals surface area contributed by atoms with Crippen molar-refractivity contribution in [1.29, 1.82) is 5.41 Å². The fourth-order valence-corrected chi connectivity index (χ4v) is 2.71. The van der Waals surface area contributed by atoms with Crippen LogP contribution in [0.25, 0.3) is 6.08 Å². The maximum absolute atomic E-state index is 11.8. The monoisotopic (exact) mass is 331 g/mol. The molecule has 2 rings (SSSR count). The van der Waals surface area contributed by atoms with Crippen LogP contribution in [-0.2, 0) is 4.74 Å². The van der Waals surface area contributed by atoms with Gasteiger partial charge in [-0.1, -0.05) is 18.6 Å². The zero-order valence-electron chi connectivity index (χ0n) is 13.6. The molecule has 1 saturated heterocycles. The van der Waals surface area contributed by atoms with Gasteiger partial charge >= 0.3 is 5.97 Å². The number of nitrogens with zero attached hydrogens (tertiary/aromatic N) is 1. The van der Waals surface area contributed by atoms with E-state index in [2.05, 4.69) is 5.32 Å². The molecule has 7 nitrogen and oxygen atoms in total. The van der Waals surface area contributed by atoms with Crippen molar-refractivity contribution in [2.24, 2.45) is 0 Å². The molecule has 0 saturated carbocycles. The lowest BCUT2D eigenvalue weighted by Crippen LogP contribution is -2.31. The van der Waals surface area contributed by atoms with Crippen molar-refractivity contribution >= 4 is 23.6 Å². The maximum atomic E-state index is 11.8. The summed E-state index contributed by atoms with van der Waals surface area (Å²) in [6, 6.07) is 4.34. The Bertz CT molecular complexity index is 670. The van der Waals surface area contributed by atoms with Gasteiger partial charge in [-0.05, 0) is 30.9 Å². The molecule has 2 N–H and O–H groups in total. The Labute approximate surface area is 140 Å². The number of nitro groups is 1. The predicted octanol–water partition coefficient (Wildman–Crippen LogP) is 3.29. The van der Waals surface area contributed by atoms with Crippen LogP contribution in [0.1, 0.15) is 48.0 Å². The van der Waals surface area contributed by atoms with Gasteiger partial charge in [-0.25, -0.2) is 4.79 Å². The van der Waals surface area contributed by atoms with Crippen LogP contribution in [0.3, 0.4) is 0 Å². The van der Waals surface area contributed by atoms with Crippen LogP contribution in [0.5, 0.6) is 0 Å². The molecule has 7 heteroatoms. The molecule has 0 aliphatic carbocycles. The highest BCUT2D eigenvalue weighted by molar-refractivity contribution is 5.94. The molecule has 0 bridgehead atoms. The number of carbonyl (C=O) groups is 1. The minimum atomic E-state index is -0.604. The molecule has 0 spiro atoms. The third kappa shape index (κ3) is 4.65. The second-order valence-electron chi connectivity index (χ2n) is 5.72. The van der Waals surface area contributed by atoms with Gasteiger partial charge in [0.25, 0.3) is 5.69 Å². The standard InChI is InChI=1S/C17H21N3O4/c1-24-17(21)15-11-14(20(22)23)10-9-12(15)5-4-7-13-6-2-3-8-16(18)19-13/h4-5,9-11,13H,2-3,6-8H2,1H3,(H2,18,19). The van der Waals surface area contributed by atoms with Crippen LogP contribution in [0, 0.1) is 15.5 Å². The van der Waals surface area contributed by atoms with Gasteiger partial charge in [0.05, 0.1) is 23.4 Å². The zero-order chi connectivity index (χ0) is 17.5. The molecule has 1 unspecified atom stereocenters. The summed E-state index contributed by atoms with van der Waals surface area (Å²) in [7, 11) is 1.25. The number of ether oxygens (including phenoxy) is 1. The van der Waals surface area contributed by atoms with Gasteiger partial charge in [-0.2, -0.15) is 0 Å². The molecule has 128 valence electrons. The fraction of sp³-hybridized carbons (Fsp3) is 0.412. The first-order chi connectivity index (χ1) is 11.5. The third-order valence-corrected chi connectivity index (χ3v) is 3.98. The van der Waals surface area contributed by atoms with E-state index in [0.29, 0.717) is 11.4 Å². The van der Waals surface area contributed by atoms with Gasteiger partial charge in [0, 0.05) is 24.6 Å². The molecular formula is C17H21N3O4. The van der Waals surface area contributed by atoms with E-state index in [0.717, 1.165) is 32.1 Å². The van der Waals surface area contributed by atoms with E-state index < -0.39 is 10.9 Å². The second kappa shape index (κ2) is 8.24. The molecule has 0 aromatic heterocycles. The lowest BCUT2D eigenvalue weighted by atomic mass is 10.0. The Morgan fingerprint density at radius 3 is 3.00 bits per heavy atom. The zero-order valence-corrected chi connectivity index (χ0v) is 13.6. The highest BCUT2D eigenvalue weighted by Crippen LogP contribution is 2.21. The highest BCUT2D eigenvalue weighted by atomic mass is 16.6. The first-order valence-corrected chi connectivity index (χ1v) is 7.88. The lowest BCUT2D eigenvalue weighted by molar-refractivity contribution is -0.384. The number of hydrogen-bond acceptors (Lipinski definition) is 5. The van der Waals surface area contributed by atoms with Crippen molar-refractivity contribution in [2.75, 3.05) is 7.11 Å².